The van der Waals surface area contributed by atoms with Gasteiger partial charge in [-0.3, -0.25) is 0 Å². The van der Waals surface area contributed by atoms with Crippen LogP contribution in [0, 0.1) is 5.92 Å². The molecule has 90 valence electrons. The predicted octanol–water partition coefficient (Wildman–Crippen LogP) is 3.16. The molecule has 0 spiro atoms. The van der Waals surface area contributed by atoms with Gasteiger partial charge in [0.2, 0.25) is 5.88 Å². The molecule has 0 aliphatic heterocycles. The molecule has 0 saturated heterocycles. The molecule has 3 nitrogen and oxygen atoms in total. The van der Waals surface area contributed by atoms with E-state index in [-0.39, 0.29) is 5.38 Å². The Bertz CT molecular complexity index is 318. The first-order valence-electron chi connectivity index (χ1n) is 5.49. The highest BCUT2D eigenvalue weighted by Gasteiger charge is 2.07. The molecular formula is C12H19ClN2O. The molecular weight excluding hydrogens is 224 g/mol. The molecule has 1 unspecified atom stereocenters. The first-order chi connectivity index (χ1) is 7.61. The number of alkyl halides is 1. The third kappa shape index (κ3) is 4.71. The molecule has 0 saturated carbocycles. The zero-order valence-electron chi connectivity index (χ0n) is 10.0. The molecule has 1 rings (SSSR count). The molecule has 1 heterocycles. The SMILES string of the molecule is COc1cc(NCC(Cl)CC(C)C)ccn1. The molecule has 16 heavy (non-hydrogen) atoms. The van der Waals surface area contributed by atoms with E-state index in [9.17, 15) is 0 Å². The summed E-state index contributed by atoms with van der Waals surface area (Å²) in [6.45, 7) is 5.10. The Morgan fingerprint density at radius 2 is 2.25 bits per heavy atom. The van der Waals surface area contributed by atoms with Crippen molar-refractivity contribution >= 4 is 17.3 Å². The fourth-order valence-electron chi connectivity index (χ4n) is 1.45. The number of ether oxygens (including phenoxy) is 1. The lowest BCUT2D eigenvalue weighted by Crippen LogP contribution is -2.16. The Morgan fingerprint density at radius 1 is 1.50 bits per heavy atom. The molecule has 1 aromatic rings. The summed E-state index contributed by atoms with van der Waals surface area (Å²) in [5.74, 6) is 1.23. The van der Waals surface area contributed by atoms with E-state index in [4.69, 9.17) is 16.3 Å². The van der Waals surface area contributed by atoms with Crippen LogP contribution in [0.2, 0.25) is 0 Å². The summed E-state index contributed by atoms with van der Waals surface area (Å²) >= 11 is 6.19. The quantitative estimate of drug-likeness (QED) is 0.779. The van der Waals surface area contributed by atoms with Crippen LogP contribution >= 0.6 is 11.6 Å². The van der Waals surface area contributed by atoms with Crippen molar-refractivity contribution in [3.63, 3.8) is 0 Å². The van der Waals surface area contributed by atoms with Crippen LogP contribution in [0.4, 0.5) is 5.69 Å². The fourth-order valence-corrected chi connectivity index (χ4v) is 1.89. The minimum absolute atomic E-state index is 0.152. The molecule has 0 radical (unpaired) electrons. The topological polar surface area (TPSA) is 34.1 Å². The second-order valence-corrected chi connectivity index (χ2v) is 4.81. The van der Waals surface area contributed by atoms with Crippen molar-refractivity contribution in [2.75, 3.05) is 19.0 Å². The van der Waals surface area contributed by atoms with Crippen molar-refractivity contribution in [1.82, 2.24) is 4.98 Å². The largest absolute Gasteiger partial charge is 0.481 e. The third-order valence-electron chi connectivity index (χ3n) is 2.20. The third-order valence-corrected chi connectivity index (χ3v) is 2.53. The molecule has 1 N–H and O–H groups in total. The predicted molar refractivity (Wildman–Crippen MR) is 68.4 cm³/mol. The van der Waals surface area contributed by atoms with Gasteiger partial charge in [-0.15, -0.1) is 11.6 Å². The minimum Gasteiger partial charge on any atom is -0.481 e. The summed E-state index contributed by atoms with van der Waals surface area (Å²) in [5.41, 5.74) is 0.987. The van der Waals surface area contributed by atoms with Crippen molar-refractivity contribution < 1.29 is 4.74 Å². The van der Waals surface area contributed by atoms with Crippen LogP contribution in [-0.2, 0) is 0 Å². The van der Waals surface area contributed by atoms with Gasteiger partial charge in [-0.05, 0) is 18.4 Å². The summed E-state index contributed by atoms with van der Waals surface area (Å²) in [7, 11) is 1.61. The molecule has 1 atom stereocenters. The number of nitrogens with one attached hydrogen (secondary N) is 1. The number of hydrogen-bond donors (Lipinski definition) is 1. The van der Waals surface area contributed by atoms with Crippen LogP contribution in [0.1, 0.15) is 20.3 Å². The Morgan fingerprint density at radius 3 is 2.88 bits per heavy atom. The Labute approximate surface area is 102 Å². The maximum atomic E-state index is 6.19. The van der Waals surface area contributed by atoms with E-state index in [2.05, 4.69) is 24.1 Å². The Hall–Kier alpha value is -0.960. The molecule has 0 aliphatic rings. The number of pyridine rings is 1. The van der Waals surface area contributed by atoms with Gasteiger partial charge in [-0.25, -0.2) is 4.98 Å². The summed E-state index contributed by atoms with van der Waals surface area (Å²) in [6, 6.07) is 3.76. The molecule has 0 aliphatic carbocycles. The maximum Gasteiger partial charge on any atom is 0.214 e. The first-order valence-corrected chi connectivity index (χ1v) is 5.93. The number of methoxy groups -OCH3 is 1. The summed E-state index contributed by atoms with van der Waals surface area (Å²) < 4.78 is 5.04. The van der Waals surface area contributed by atoms with E-state index in [0.29, 0.717) is 11.8 Å². The van der Waals surface area contributed by atoms with Crippen LogP contribution in [0.3, 0.4) is 0 Å². The molecule has 0 bridgehead atoms. The molecule has 0 aromatic carbocycles. The Kier molecular flexibility index (Phi) is 5.39. The number of rotatable bonds is 6. The number of nitrogens with zero attached hydrogens (tertiary/aromatic N) is 1. The fraction of sp³-hybridized carbons (Fsp3) is 0.583. The average molecular weight is 243 g/mol. The van der Waals surface area contributed by atoms with E-state index in [0.717, 1.165) is 18.7 Å². The van der Waals surface area contributed by atoms with Gasteiger partial charge >= 0.3 is 0 Å². The number of hydrogen-bond acceptors (Lipinski definition) is 3. The number of aromatic nitrogens is 1. The van der Waals surface area contributed by atoms with Crippen molar-refractivity contribution in [2.45, 2.75) is 25.6 Å². The second kappa shape index (κ2) is 6.59. The molecule has 4 heteroatoms. The smallest absolute Gasteiger partial charge is 0.214 e. The van der Waals surface area contributed by atoms with E-state index < -0.39 is 0 Å². The van der Waals surface area contributed by atoms with Gasteiger partial charge in [0, 0.05) is 24.5 Å². The highest BCUT2D eigenvalue weighted by molar-refractivity contribution is 6.20. The zero-order valence-corrected chi connectivity index (χ0v) is 10.8. The van der Waals surface area contributed by atoms with Crippen LogP contribution in [0.15, 0.2) is 18.3 Å². The highest BCUT2D eigenvalue weighted by atomic mass is 35.5. The summed E-state index contributed by atoms with van der Waals surface area (Å²) in [4.78, 5) is 4.04. The lowest BCUT2D eigenvalue weighted by molar-refractivity contribution is 0.398. The summed E-state index contributed by atoms with van der Waals surface area (Å²) in [6.07, 6.45) is 2.73. The maximum absolute atomic E-state index is 6.19. The van der Waals surface area contributed by atoms with Crippen molar-refractivity contribution in [2.24, 2.45) is 5.92 Å². The Balaban J connectivity index is 2.41. The van der Waals surface area contributed by atoms with E-state index in [1.54, 1.807) is 13.3 Å². The van der Waals surface area contributed by atoms with Crippen LogP contribution < -0.4 is 10.1 Å². The monoisotopic (exact) mass is 242 g/mol. The lowest BCUT2D eigenvalue weighted by atomic mass is 10.1. The molecule has 1 aromatic heterocycles. The average Bonchev–Trinajstić information content (AvgIpc) is 2.26. The first kappa shape index (κ1) is 13.1. The highest BCUT2D eigenvalue weighted by Crippen LogP contribution is 2.15. The van der Waals surface area contributed by atoms with Gasteiger partial charge in [0.1, 0.15) is 0 Å². The zero-order chi connectivity index (χ0) is 12.0. The van der Waals surface area contributed by atoms with Gasteiger partial charge in [0.05, 0.1) is 12.5 Å². The van der Waals surface area contributed by atoms with E-state index in [1.165, 1.54) is 0 Å². The number of halogens is 1. The van der Waals surface area contributed by atoms with Crippen LogP contribution in [-0.4, -0.2) is 24.0 Å². The van der Waals surface area contributed by atoms with Crippen molar-refractivity contribution in [3.8, 4) is 5.88 Å². The molecule has 0 fully saturated rings. The van der Waals surface area contributed by atoms with Crippen molar-refractivity contribution in [3.05, 3.63) is 18.3 Å². The minimum atomic E-state index is 0.152. The van der Waals surface area contributed by atoms with E-state index in [1.807, 2.05) is 12.1 Å². The van der Waals surface area contributed by atoms with Gasteiger partial charge in [0.15, 0.2) is 0 Å². The number of anilines is 1. The van der Waals surface area contributed by atoms with Gasteiger partial charge in [-0.2, -0.15) is 0 Å². The van der Waals surface area contributed by atoms with Gasteiger partial charge in [-0.1, -0.05) is 13.8 Å². The normalized spacial score (nSPS) is 12.6. The van der Waals surface area contributed by atoms with Crippen molar-refractivity contribution in [1.29, 1.82) is 0 Å². The second-order valence-electron chi connectivity index (χ2n) is 4.19. The standard InChI is InChI=1S/C12H19ClN2O/c1-9(2)6-10(13)8-15-11-4-5-14-12(7-11)16-3/h4-5,7,9-10H,6,8H2,1-3H3,(H,14,15). The van der Waals surface area contributed by atoms with Crippen LogP contribution in [0.5, 0.6) is 5.88 Å². The lowest BCUT2D eigenvalue weighted by Gasteiger charge is -2.14. The van der Waals surface area contributed by atoms with Gasteiger partial charge in [0.25, 0.3) is 0 Å². The van der Waals surface area contributed by atoms with Gasteiger partial charge < -0.3 is 10.1 Å². The van der Waals surface area contributed by atoms with Crippen LogP contribution in [0.25, 0.3) is 0 Å². The molecule has 0 amide bonds. The summed E-state index contributed by atoms with van der Waals surface area (Å²) in [5, 5.41) is 3.42. The van der Waals surface area contributed by atoms with E-state index >= 15 is 0 Å².